The maximum atomic E-state index is 13.0. The van der Waals surface area contributed by atoms with Crippen molar-refractivity contribution in [2.24, 2.45) is 0 Å². The number of anilines is 1. The summed E-state index contributed by atoms with van der Waals surface area (Å²) in [4.78, 5) is 11.0. The lowest BCUT2D eigenvalue weighted by molar-refractivity contribution is -0.137. The van der Waals surface area contributed by atoms with Crippen LogP contribution in [0.25, 0.3) is 11.1 Å². The molecule has 0 aliphatic rings. The second kappa shape index (κ2) is 5.87. The fourth-order valence-electron chi connectivity index (χ4n) is 1.88. The van der Waals surface area contributed by atoms with E-state index < -0.39 is 17.8 Å². The van der Waals surface area contributed by atoms with Crippen molar-refractivity contribution in [2.75, 3.05) is 12.4 Å². The molecule has 0 saturated heterocycles. The summed E-state index contributed by atoms with van der Waals surface area (Å²) in [7, 11) is 1.23. The Morgan fingerprint density at radius 1 is 1.05 bits per heavy atom. The Kier molecular flexibility index (Phi) is 4.16. The highest BCUT2D eigenvalue weighted by molar-refractivity contribution is 5.85. The van der Waals surface area contributed by atoms with Crippen molar-refractivity contribution in [3.8, 4) is 11.1 Å². The fourth-order valence-corrected chi connectivity index (χ4v) is 1.88. The van der Waals surface area contributed by atoms with E-state index in [9.17, 15) is 18.0 Å². The minimum atomic E-state index is -4.42. The van der Waals surface area contributed by atoms with Crippen LogP contribution >= 0.6 is 0 Å². The van der Waals surface area contributed by atoms with Crippen molar-refractivity contribution in [2.45, 2.75) is 6.18 Å². The molecule has 2 rings (SSSR count). The number of methoxy groups -OCH3 is 1. The summed E-state index contributed by atoms with van der Waals surface area (Å²) < 4.78 is 43.3. The van der Waals surface area contributed by atoms with E-state index in [0.717, 1.165) is 6.07 Å². The van der Waals surface area contributed by atoms with Crippen LogP contribution in [0.5, 0.6) is 0 Å². The molecule has 0 spiro atoms. The highest BCUT2D eigenvalue weighted by atomic mass is 19.4. The van der Waals surface area contributed by atoms with E-state index in [1.807, 2.05) is 0 Å². The summed E-state index contributed by atoms with van der Waals surface area (Å²) in [5.74, 6) is 0. The van der Waals surface area contributed by atoms with Gasteiger partial charge in [-0.2, -0.15) is 13.2 Å². The van der Waals surface area contributed by atoms with E-state index in [2.05, 4.69) is 10.1 Å². The number of rotatable bonds is 2. The second-order valence-electron chi connectivity index (χ2n) is 4.24. The van der Waals surface area contributed by atoms with Crippen LogP contribution in [-0.2, 0) is 10.9 Å². The number of hydrogen-bond acceptors (Lipinski definition) is 2. The van der Waals surface area contributed by atoms with E-state index in [4.69, 9.17) is 0 Å². The predicted octanol–water partition coefficient (Wildman–Crippen LogP) is 4.55. The summed E-state index contributed by atoms with van der Waals surface area (Å²) in [5.41, 5.74) is 0.252. The third-order valence-electron chi connectivity index (χ3n) is 2.86. The Hall–Kier alpha value is -2.50. The van der Waals surface area contributed by atoms with Crippen LogP contribution in [0.2, 0.25) is 0 Å². The topological polar surface area (TPSA) is 38.3 Å². The zero-order valence-corrected chi connectivity index (χ0v) is 11.1. The van der Waals surface area contributed by atoms with Gasteiger partial charge in [-0.25, -0.2) is 4.79 Å². The van der Waals surface area contributed by atoms with Gasteiger partial charge in [0.2, 0.25) is 0 Å². The number of amides is 1. The van der Waals surface area contributed by atoms with E-state index in [-0.39, 0.29) is 5.56 Å². The van der Waals surface area contributed by atoms with Gasteiger partial charge in [0, 0.05) is 5.69 Å². The Balaban J connectivity index is 2.34. The third kappa shape index (κ3) is 3.53. The molecule has 0 unspecified atom stereocenters. The molecule has 0 atom stereocenters. The zero-order chi connectivity index (χ0) is 15.5. The maximum Gasteiger partial charge on any atom is 0.417 e. The number of nitrogens with one attached hydrogen (secondary N) is 1. The van der Waals surface area contributed by atoms with Gasteiger partial charge in [-0.1, -0.05) is 30.3 Å². The lowest BCUT2D eigenvalue weighted by Crippen LogP contribution is -2.10. The Bertz CT molecular complexity index is 636. The summed E-state index contributed by atoms with van der Waals surface area (Å²) in [6.07, 6.45) is -5.06. The number of benzene rings is 2. The minimum absolute atomic E-state index is 0.0922. The number of carbonyl (C=O) groups is 1. The molecule has 1 N–H and O–H groups in total. The van der Waals surface area contributed by atoms with Crippen LogP contribution in [0.15, 0.2) is 48.5 Å². The Morgan fingerprint density at radius 3 is 2.24 bits per heavy atom. The lowest BCUT2D eigenvalue weighted by atomic mass is 9.99. The van der Waals surface area contributed by atoms with Gasteiger partial charge in [-0.05, 0) is 29.3 Å². The van der Waals surface area contributed by atoms with E-state index in [0.29, 0.717) is 11.3 Å². The molecule has 0 heterocycles. The third-order valence-corrected chi connectivity index (χ3v) is 2.86. The number of hydrogen-bond donors (Lipinski definition) is 1. The smallest absolute Gasteiger partial charge is 0.417 e. The highest BCUT2D eigenvalue weighted by Crippen LogP contribution is 2.37. The fraction of sp³-hybridized carbons (Fsp3) is 0.133. The van der Waals surface area contributed by atoms with Crippen molar-refractivity contribution >= 4 is 11.8 Å². The SMILES string of the molecule is COC(=O)Nc1ccc(-c2ccccc2C(F)(F)F)cc1. The Labute approximate surface area is 119 Å². The molecule has 6 heteroatoms. The zero-order valence-electron chi connectivity index (χ0n) is 11.1. The molecule has 2 aromatic carbocycles. The molecule has 0 aromatic heterocycles. The van der Waals surface area contributed by atoms with Crippen LogP contribution in [-0.4, -0.2) is 13.2 Å². The van der Waals surface area contributed by atoms with Crippen molar-refractivity contribution in [3.05, 3.63) is 54.1 Å². The quantitative estimate of drug-likeness (QED) is 0.882. The molecule has 0 aliphatic heterocycles. The molecule has 3 nitrogen and oxygen atoms in total. The van der Waals surface area contributed by atoms with Gasteiger partial charge in [-0.3, -0.25) is 5.32 Å². The van der Waals surface area contributed by atoms with Gasteiger partial charge in [-0.15, -0.1) is 0 Å². The van der Waals surface area contributed by atoms with Crippen LogP contribution < -0.4 is 5.32 Å². The molecule has 0 aliphatic carbocycles. The molecular weight excluding hydrogens is 283 g/mol. The van der Waals surface area contributed by atoms with Crippen molar-refractivity contribution in [1.82, 2.24) is 0 Å². The first-order chi connectivity index (χ1) is 9.91. The summed E-state index contributed by atoms with van der Waals surface area (Å²) in [6, 6.07) is 11.4. The number of carbonyl (C=O) groups excluding carboxylic acids is 1. The first-order valence-corrected chi connectivity index (χ1v) is 6.03. The van der Waals surface area contributed by atoms with Gasteiger partial charge in [0.25, 0.3) is 0 Å². The number of ether oxygens (including phenoxy) is 1. The van der Waals surface area contributed by atoms with Gasteiger partial charge in [0.05, 0.1) is 12.7 Å². The van der Waals surface area contributed by atoms with Crippen LogP contribution in [0.3, 0.4) is 0 Å². The second-order valence-corrected chi connectivity index (χ2v) is 4.24. The largest absolute Gasteiger partial charge is 0.453 e. The first-order valence-electron chi connectivity index (χ1n) is 6.03. The average molecular weight is 295 g/mol. The molecular formula is C15H12F3NO2. The average Bonchev–Trinajstić information content (AvgIpc) is 2.47. The van der Waals surface area contributed by atoms with Gasteiger partial charge < -0.3 is 4.74 Å². The summed E-state index contributed by atoms with van der Waals surface area (Å²) in [5, 5.41) is 2.43. The molecule has 1 amide bonds. The lowest BCUT2D eigenvalue weighted by Gasteiger charge is -2.13. The summed E-state index contributed by atoms with van der Waals surface area (Å²) in [6.45, 7) is 0. The molecule has 0 radical (unpaired) electrons. The van der Waals surface area contributed by atoms with Crippen molar-refractivity contribution < 1.29 is 22.7 Å². The molecule has 2 aromatic rings. The van der Waals surface area contributed by atoms with Crippen LogP contribution in [0.4, 0.5) is 23.7 Å². The number of alkyl halides is 3. The minimum Gasteiger partial charge on any atom is -0.453 e. The van der Waals surface area contributed by atoms with E-state index >= 15 is 0 Å². The van der Waals surface area contributed by atoms with Gasteiger partial charge in [0.15, 0.2) is 0 Å². The molecule has 0 bridgehead atoms. The van der Waals surface area contributed by atoms with Crippen LogP contribution in [0.1, 0.15) is 5.56 Å². The molecule has 110 valence electrons. The number of halogens is 3. The molecule has 21 heavy (non-hydrogen) atoms. The highest BCUT2D eigenvalue weighted by Gasteiger charge is 2.33. The standard InChI is InChI=1S/C15H12F3NO2/c1-21-14(20)19-11-8-6-10(7-9-11)12-4-2-3-5-13(12)15(16,17)18/h2-9H,1H3,(H,19,20). The maximum absolute atomic E-state index is 13.0. The van der Waals surface area contributed by atoms with E-state index in [1.54, 1.807) is 6.07 Å². The predicted molar refractivity (Wildman–Crippen MR) is 72.9 cm³/mol. The van der Waals surface area contributed by atoms with Crippen LogP contribution in [0, 0.1) is 0 Å². The van der Waals surface area contributed by atoms with E-state index in [1.165, 1.54) is 43.5 Å². The normalized spacial score (nSPS) is 11.0. The molecule has 0 fully saturated rings. The monoisotopic (exact) mass is 295 g/mol. The summed E-state index contributed by atoms with van der Waals surface area (Å²) >= 11 is 0. The van der Waals surface area contributed by atoms with Crippen molar-refractivity contribution in [3.63, 3.8) is 0 Å². The molecule has 0 saturated carbocycles. The Morgan fingerprint density at radius 2 is 1.67 bits per heavy atom. The first kappa shape index (κ1) is 14.9. The van der Waals surface area contributed by atoms with Gasteiger partial charge >= 0.3 is 12.3 Å². The van der Waals surface area contributed by atoms with Gasteiger partial charge in [0.1, 0.15) is 0 Å². The van der Waals surface area contributed by atoms with Crippen molar-refractivity contribution in [1.29, 1.82) is 0 Å².